The molecule has 1 aliphatic rings. The molecule has 1 aromatic carbocycles. The van der Waals surface area contributed by atoms with Gasteiger partial charge < -0.3 is 9.57 Å². The van der Waals surface area contributed by atoms with Crippen LogP contribution in [0.15, 0.2) is 62.0 Å². The Hall–Kier alpha value is -2.01. The molecule has 4 nitrogen and oxygen atoms in total. The second-order valence-corrected chi connectivity index (χ2v) is 6.51. The van der Waals surface area contributed by atoms with Crippen LogP contribution in [0.1, 0.15) is 26.7 Å². The Labute approximate surface area is 141 Å². The van der Waals surface area contributed by atoms with Crippen LogP contribution in [0.4, 0.5) is 0 Å². The molecule has 122 valence electrons. The molecule has 0 fully saturated rings. The minimum atomic E-state index is -0.472. The molecule has 1 aromatic rings. The first-order valence-corrected chi connectivity index (χ1v) is 8.18. The Balaban J connectivity index is 2.44. The van der Waals surface area contributed by atoms with Gasteiger partial charge in [-0.2, -0.15) is 0 Å². The summed E-state index contributed by atoms with van der Waals surface area (Å²) in [6.45, 7) is 4.21. The summed E-state index contributed by atoms with van der Waals surface area (Å²) >= 11 is 1.66. The molecule has 0 radical (unpaired) electrons. The summed E-state index contributed by atoms with van der Waals surface area (Å²) in [6, 6.07) is 10.1. The van der Waals surface area contributed by atoms with Gasteiger partial charge in [-0.3, -0.25) is 0 Å². The van der Waals surface area contributed by atoms with Crippen LogP contribution in [-0.2, 0) is 14.4 Å². The van der Waals surface area contributed by atoms with E-state index in [9.17, 15) is 4.79 Å². The molecular weight excluding hydrogens is 310 g/mol. The maximum absolute atomic E-state index is 12.1. The van der Waals surface area contributed by atoms with Gasteiger partial charge in [-0.05, 0) is 37.3 Å². The van der Waals surface area contributed by atoms with Gasteiger partial charge in [0, 0.05) is 16.9 Å². The van der Waals surface area contributed by atoms with E-state index in [0.29, 0.717) is 6.42 Å². The molecule has 0 unspecified atom stereocenters. The normalized spacial score (nSPS) is 15.7. The van der Waals surface area contributed by atoms with Gasteiger partial charge in [0.05, 0.1) is 7.11 Å². The first kappa shape index (κ1) is 17.3. The number of carbonyl (C=O) groups excluding carboxylic acids is 1. The summed E-state index contributed by atoms with van der Waals surface area (Å²) in [5.74, 6) is -0.472. The topological polar surface area (TPSA) is 47.9 Å². The lowest BCUT2D eigenvalue weighted by Crippen LogP contribution is -2.21. The molecule has 5 heteroatoms. The smallest absolute Gasteiger partial charge is 0.360 e. The van der Waals surface area contributed by atoms with Crippen LogP contribution in [0.3, 0.4) is 0 Å². The van der Waals surface area contributed by atoms with Crippen molar-refractivity contribution in [1.82, 2.24) is 0 Å². The Morgan fingerprint density at radius 3 is 2.35 bits per heavy atom. The minimum absolute atomic E-state index is 0.250. The third-order valence-electron chi connectivity index (χ3n) is 3.76. The highest BCUT2D eigenvalue weighted by atomic mass is 32.2. The number of carbonyl (C=O) groups is 1. The fraction of sp³-hybridized carbons (Fsp3) is 0.333. The Morgan fingerprint density at radius 1 is 1.09 bits per heavy atom. The Kier molecular flexibility index (Phi) is 6.04. The second kappa shape index (κ2) is 8.02. The zero-order chi connectivity index (χ0) is 16.8. The van der Waals surface area contributed by atoms with Crippen molar-refractivity contribution in [2.75, 3.05) is 14.2 Å². The largest absolute Gasteiger partial charge is 0.464 e. The average Bonchev–Trinajstić information content (AvgIpc) is 2.56. The molecule has 0 atom stereocenters. The van der Waals surface area contributed by atoms with Gasteiger partial charge in [-0.25, -0.2) is 4.79 Å². The van der Waals surface area contributed by atoms with E-state index in [1.54, 1.807) is 11.8 Å². The molecule has 2 rings (SSSR count). The van der Waals surface area contributed by atoms with Crippen molar-refractivity contribution in [2.45, 2.75) is 31.6 Å². The monoisotopic (exact) mass is 331 g/mol. The standard InChI is InChI=1S/C18H21NO3S/c1-12-10-15(17(19-22-4)18(20)21-3)16(11-13(12)2)23-14-8-6-5-7-9-14/h5-9H,10-11H2,1-4H3/b19-17-. The van der Waals surface area contributed by atoms with Crippen LogP contribution < -0.4 is 0 Å². The third kappa shape index (κ3) is 4.26. The number of methoxy groups -OCH3 is 1. The maximum Gasteiger partial charge on any atom is 0.360 e. The van der Waals surface area contributed by atoms with Crippen molar-refractivity contribution < 1.29 is 14.4 Å². The lowest BCUT2D eigenvalue weighted by atomic mass is 9.90. The predicted octanol–water partition coefficient (Wildman–Crippen LogP) is 4.34. The van der Waals surface area contributed by atoms with Gasteiger partial charge >= 0.3 is 5.97 Å². The SMILES string of the molecule is CO/N=C(\C(=O)OC)C1=C(Sc2ccccc2)CC(C)=C(C)C1. The number of hydrogen-bond donors (Lipinski definition) is 0. The molecule has 23 heavy (non-hydrogen) atoms. The minimum Gasteiger partial charge on any atom is -0.464 e. The van der Waals surface area contributed by atoms with Gasteiger partial charge in [0.15, 0.2) is 5.71 Å². The molecule has 0 spiro atoms. The fourth-order valence-electron chi connectivity index (χ4n) is 2.36. The van der Waals surface area contributed by atoms with Crippen LogP contribution >= 0.6 is 11.8 Å². The second-order valence-electron chi connectivity index (χ2n) is 5.35. The van der Waals surface area contributed by atoms with Gasteiger partial charge in [0.1, 0.15) is 7.11 Å². The molecule has 0 amide bonds. The van der Waals surface area contributed by atoms with Crippen LogP contribution in [-0.4, -0.2) is 25.9 Å². The number of oxime groups is 1. The van der Waals surface area contributed by atoms with Crippen molar-refractivity contribution in [3.63, 3.8) is 0 Å². The van der Waals surface area contributed by atoms with Crippen molar-refractivity contribution in [3.05, 3.63) is 52.0 Å². The van der Waals surface area contributed by atoms with E-state index < -0.39 is 5.97 Å². The average molecular weight is 331 g/mol. The number of rotatable bonds is 5. The molecule has 0 saturated carbocycles. The third-order valence-corrected chi connectivity index (χ3v) is 4.91. The van der Waals surface area contributed by atoms with Crippen molar-refractivity contribution in [1.29, 1.82) is 0 Å². The highest BCUT2D eigenvalue weighted by Crippen LogP contribution is 2.40. The number of esters is 1. The lowest BCUT2D eigenvalue weighted by molar-refractivity contribution is -0.132. The highest BCUT2D eigenvalue weighted by Gasteiger charge is 2.26. The lowest BCUT2D eigenvalue weighted by Gasteiger charge is -2.22. The zero-order valence-electron chi connectivity index (χ0n) is 13.9. The molecule has 1 aliphatic carbocycles. The van der Waals surface area contributed by atoms with Gasteiger partial charge in [0.2, 0.25) is 0 Å². The van der Waals surface area contributed by atoms with E-state index in [1.807, 2.05) is 18.2 Å². The number of allylic oxidation sites excluding steroid dienone is 3. The summed E-state index contributed by atoms with van der Waals surface area (Å²) in [5, 5.41) is 3.92. The van der Waals surface area contributed by atoms with E-state index in [1.165, 1.54) is 25.4 Å². The molecule has 0 heterocycles. The highest BCUT2D eigenvalue weighted by molar-refractivity contribution is 8.03. The van der Waals surface area contributed by atoms with E-state index >= 15 is 0 Å². The predicted molar refractivity (Wildman–Crippen MR) is 93.4 cm³/mol. The fourth-order valence-corrected chi connectivity index (χ4v) is 3.52. The summed E-state index contributed by atoms with van der Waals surface area (Å²) in [4.78, 5) is 19.2. The van der Waals surface area contributed by atoms with E-state index in [2.05, 4.69) is 31.1 Å². The van der Waals surface area contributed by atoms with Gasteiger partial charge in [0.25, 0.3) is 0 Å². The summed E-state index contributed by atoms with van der Waals surface area (Å²) in [5.41, 5.74) is 3.72. The van der Waals surface area contributed by atoms with Crippen molar-refractivity contribution in [3.8, 4) is 0 Å². The van der Waals surface area contributed by atoms with Crippen LogP contribution in [0.5, 0.6) is 0 Å². The van der Waals surface area contributed by atoms with Gasteiger partial charge in [-0.15, -0.1) is 0 Å². The molecule has 0 N–H and O–H groups in total. The summed E-state index contributed by atoms with van der Waals surface area (Å²) in [7, 11) is 2.79. The molecule has 0 aromatic heterocycles. The van der Waals surface area contributed by atoms with Gasteiger partial charge in [-0.1, -0.05) is 46.3 Å². The van der Waals surface area contributed by atoms with Crippen molar-refractivity contribution in [2.24, 2.45) is 5.16 Å². The number of thioether (sulfide) groups is 1. The zero-order valence-corrected chi connectivity index (χ0v) is 14.7. The number of hydrogen-bond acceptors (Lipinski definition) is 5. The van der Waals surface area contributed by atoms with Crippen LogP contribution in [0, 0.1) is 0 Å². The molecular formula is C18H21NO3S. The van der Waals surface area contributed by atoms with E-state index in [0.717, 1.165) is 21.8 Å². The summed E-state index contributed by atoms with van der Waals surface area (Å²) in [6.07, 6.45) is 1.48. The summed E-state index contributed by atoms with van der Waals surface area (Å²) < 4.78 is 4.87. The van der Waals surface area contributed by atoms with E-state index in [-0.39, 0.29) is 5.71 Å². The Bertz CT molecular complexity index is 675. The van der Waals surface area contributed by atoms with Crippen LogP contribution in [0.2, 0.25) is 0 Å². The number of nitrogens with zero attached hydrogens (tertiary/aromatic N) is 1. The van der Waals surface area contributed by atoms with E-state index in [4.69, 9.17) is 9.57 Å². The number of ether oxygens (including phenoxy) is 1. The quantitative estimate of drug-likeness (QED) is 0.348. The maximum atomic E-state index is 12.1. The number of benzene rings is 1. The van der Waals surface area contributed by atoms with Crippen molar-refractivity contribution >= 4 is 23.4 Å². The van der Waals surface area contributed by atoms with Crippen LogP contribution in [0.25, 0.3) is 0 Å². The molecule has 0 aliphatic heterocycles. The molecule has 0 bridgehead atoms. The first-order chi connectivity index (χ1) is 11.1. The molecule has 0 saturated heterocycles. The Morgan fingerprint density at radius 2 is 1.74 bits per heavy atom. The first-order valence-electron chi connectivity index (χ1n) is 7.36.